The van der Waals surface area contributed by atoms with E-state index >= 15 is 0 Å². The average molecular weight is 522 g/mol. The zero-order valence-corrected chi connectivity index (χ0v) is 22.1. The third kappa shape index (κ3) is 6.46. The van der Waals surface area contributed by atoms with Crippen LogP contribution in [-0.2, 0) is 10.2 Å². The predicted molar refractivity (Wildman–Crippen MR) is 143 cm³/mol. The largest absolute Gasteiger partial charge is 0.444 e. The fourth-order valence-corrected chi connectivity index (χ4v) is 5.08. The number of ether oxygens (including phenoxy) is 1. The fraction of sp³-hybridized carbons (Fsp3) is 0.379. The van der Waals surface area contributed by atoms with Crippen LogP contribution in [0.1, 0.15) is 74.1 Å². The van der Waals surface area contributed by atoms with E-state index in [1.807, 2.05) is 51.1 Å². The molecule has 0 bridgehead atoms. The van der Waals surface area contributed by atoms with Gasteiger partial charge in [0.2, 0.25) is 5.78 Å². The van der Waals surface area contributed by atoms with Gasteiger partial charge in [0.25, 0.3) is 5.56 Å². The van der Waals surface area contributed by atoms with Crippen molar-refractivity contribution in [2.24, 2.45) is 0 Å². The van der Waals surface area contributed by atoms with Crippen molar-refractivity contribution < 1.29 is 14.3 Å². The lowest BCUT2D eigenvalue weighted by Crippen LogP contribution is -2.45. The minimum Gasteiger partial charge on any atom is -0.444 e. The Morgan fingerprint density at radius 2 is 1.76 bits per heavy atom. The van der Waals surface area contributed by atoms with E-state index in [2.05, 4.69) is 10.4 Å². The molecule has 7 nitrogen and oxygen atoms in total. The van der Waals surface area contributed by atoms with Crippen LogP contribution >= 0.6 is 11.6 Å². The molecule has 0 unspecified atom stereocenters. The van der Waals surface area contributed by atoms with E-state index in [1.165, 1.54) is 16.8 Å². The molecule has 0 saturated heterocycles. The van der Waals surface area contributed by atoms with Crippen molar-refractivity contribution in [1.29, 1.82) is 0 Å². The van der Waals surface area contributed by atoms with Gasteiger partial charge in [-0.1, -0.05) is 54.1 Å². The molecule has 1 fully saturated rings. The Hall–Kier alpha value is -3.45. The van der Waals surface area contributed by atoms with Crippen molar-refractivity contribution >= 4 is 23.5 Å². The van der Waals surface area contributed by atoms with E-state index in [0.717, 1.165) is 5.56 Å². The molecule has 1 saturated carbocycles. The zero-order valence-electron chi connectivity index (χ0n) is 21.4. The summed E-state index contributed by atoms with van der Waals surface area (Å²) in [4.78, 5) is 38.1. The number of nitrogens with zero attached hydrogens (tertiary/aromatic N) is 2. The summed E-state index contributed by atoms with van der Waals surface area (Å²) >= 11 is 6.32. The van der Waals surface area contributed by atoms with Gasteiger partial charge in [-0.3, -0.25) is 9.59 Å². The molecule has 4 rings (SSSR count). The van der Waals surface area contributed by atoms with Crippen molar-refractivity contribution in [3.8, 4) is 0 Å². The maximum atomic E-state index is 12.9. The molecule has 8 heteroatoms. The number of nitrogens with one attached hydrogen (secondary N) is 1. The summed E-state index contributed by atoms with van der Waals surface area (Å²) in [6.45, 7) is 5.85. The normalized spacial score (nSPS) is 19.7. The number of ketones is 1. The van der Waals surface area contributed by atoms with Crippen molar-refractivity contribution in [1.82, 2.24) is 15.1 Å². The van der Waals surface area contributed by atoms with Gasteiger partial charge in [0.1, 0.15) is 11.3 Å². The molecule has 0 aliphatic heterocycles. The van der Waals surface area contributed by atoms with Crippen molar-refractivity contribution in [3.63, 3.8) is 0 Å². The Kier molecular flexibility index (Phi) is 7.83. The van der Waals surface area contributed by atoms with Crippen LogP contribution in [0.5, 0.6) is 0 Å². The molecule has 0 spiro atoms. The Balaban J connectivity index is 1.55. The van der Waals surface area contributed by atoms with Gasteiger partial charge in [-0.05, 0) is 70.2 Å². The summed E-state index contributed by atoms with van der Waals surface area (Å²) in [5, 5.41) is 8.03. The predicted octanol–water partition coefficient (Wildman–Crippen LogP) is 5.71. The Bertz CT molecular complexity index is 1320. The number of amides is 1. The highest BCUT2D eigenvalue weighted by Crippen LogP contribution is 2.43. The zero-order chi connectivity index (χ0) is 26.6. The highest BCUT2D eigenvalue weighted by atomic mass is 35.5. The maximum Gasteiger partial charge on any atom is 0.407 e. The molecular weight excluding hydrogens is 490 g/mol. The van der Waals surface area contributed by atoms with Crippen molar-refractivity contribution in [2.45, 2.75) is 63.5 Å². The second-order valence-electron chi connectivity index (χ2n) is 10.6. The molecule has 1 aliphatic carbocycles. The first-order chi connectivity index (χ1) is 17.6. The van der Waals surface area contributed by atoms with Gasteiger partial charge in [0.15, 0.2) is 0 Å². The van der Waals surface area contributed by atoms with Gasteiger partial charge < -0.3 is 10.1 Å². The molecule has 1 aromatic heterocycles. The molecule has 2 aromatic carbocycles. The summed E-state index contributed by atoms with van der Waals surface area (Å²) in [6.07, 6.45) is 2.22. The standard InChI is InChI=1S/C29H32ClN3O4/c1-28(2,3)37-27(36)31-19-29(21-10-7-11-22(30)18-21)16-14-23(15-17-29)33-25(34)13-12-24(32-33)26(35)20-8-5-4-6-9-20/h4-13,18,23H,14-17,19H2,1-3H3,(H,31,36). The minimum absolute atomic E-state index is 0.162. The molecular formula is C29H32ClN3O4. The number of carbonyl (C=O) groups is 2. The SMILES string of the molecule is CC(C)(C)OC(=O)NCC1(c2cccc(Cl)c2)CCC(n2nc(C(=O)c3ccccc3)ccc2=O)CC1. The first-order valence-corrected chi connectivity index (χ1v) is 12.9. The lowest BCUT2D eigenvalue weighted by Gasteiger charge is -2.41. The van der Waals surface area contributed by atoms with Crippen LogP contribution in [0, 0.1) is 0 Å². The number of aromatic nitrogens is 2. The third-order valence-corrected chi connectivity index (χ3v) is 6.99. The number of alkyl carbamates (subject to hydrolysis) is 1. The summed E-state index contributed by atoms with van der Waals surface area (Å²) < 4.78 is 6.89. The molecule has 37 heavy (non-hydrogen) atoms. The van der Waals surface area contributed by atoms with Crippen molar-refractivity contribution in [3.05, 3.63) is 98.9 Å². The van der Waals surface area contributed by atoms with Gasteiger partial charge in [-0.15, -0.1) is 0 Å². The maximum absolute atomic E-state index is 12.9. The van der Waals surface area contributed by atoms with Gasteiger partial charge in [-0.2, -0.15) is 5.10 Å². The van der Waals surface area contributed by atoms with Crippen LogP contribution in [-0.4, -0.2) is 33.8 Å². The van der Waals surface area contributed by atoms with E-state index < -0.39 is 11.7 Å². The molecule has 1 aliphatic rings. The first-order valence-electron chi connectivity index (χ1n) is 12.5. The van der Waals surface area contributed by atoms with Gasteiger partial charge >= 0.3 is 6.09 Å². The molecule has 0 atom stereocenters. The summed E-state index contributed by atoms with van der Waals surface area (Å²) in [6, 6.07) is 19.3. The Labute approximate surface area is 221 Å². The smallest absolute Gasteiger partial charge is 0.407 e. The monoisotopic (exact) mass is 521 g/mol. The van der Waals surface area contributed by atoms with Gasteiger partial charge in [-0.25, -0.2) is 9.48 Å². The number of benzene rings is 2. The summed E-state index contributed by atoms with van der Waals surface area (Å²) in [7, 11) is 0. The average Bonchev–Trinajstić information content (AvgIpc) is 2.87. The molecule has 194 valence electrons. The van der Waals surface area contributed by atoms with E-state index in [1.54, 1.807) is 24.3 Å². The molecule has 3 aromatic rings. The van der Waals surface area contributed by atoms with E-state index in [0.29, 0.717) is 42.8 Å². The minimum atomic E-state index is -0.597. The molecule has 1 N–H and O–H groups in total. The summed E-state index contributed by atoms with van der Waals surface area (Å²) in [5.74, 6) is -0.222. The number of hydrogen-bond acceptors (Lipinski definition) is 5. The van der Waals surface area contributed by atoms with Crippen LogP contribution in [0.3, 0.4) is 0 Å². The second-order valence-corrected chi connectivity index (χ2v) is 11.0. The van der Waals surface area contributed by atoms with Crippen LogP contribution in [0.4, 0.5) is 4.79 Å². The first kappa shape index (κ1) is 26.6. The van der Waals surface area contributed by atoms with E-state index in [4.69, 9.17) is 16.3 Å². The number of carbonyl (C=O) groups excluding carboxylic acids is 2. The van der Waals surface area contributed by atoms with Crippen LogP contribution in [0.25, 0.3) is 0 Å². The fourth-order valence-electron chi connectivity index (χ4n) is 4.89. The van der Waals surface area contributed by atoms with Gasteiger partial charge in [0, 0.05) is 28.6 Å². The topological polar surface area (TPSA) is 90.3 Å². The third-order valence-electron chi connectivity index (χ3n) is 6.76. The van der Waals surface area contributed by atoms with E-state index in [9.17, 15) is 14.4 Å². The second kappa shape index (κ2) is 10.9. The highest BCUT2D eigenvalue weighted by molar-refractivity contribution is 6.30. The number of rotatable bonds is 6. The van der Waals surface area contributed by atoms with Crippen LogP contribution < -0.4 is 10.9 Å². The number of halogens is 1. The molecule has 1 amide bonds. The van der Waals surface area contributed by atoms with E-state index in [-0.39, 0.29) is 28.5 Å². The highest BCUT2D eigenvalue weighted by Gasteiger charge is 2.39. The Morgan fingerprint density at radius 1 is 1.05 bits per heavy atom. The molecule has 0 radical (unpaired) electrons. The van der Waals surface area contributed by atoms with Crippen LogP contribution in [0.2, 0.25) is 5.02 Å². The quantitative estimate of drug-likeness (QED) is 0.420. The van der Waals surface area contributed by atoms with Gasteiger partial charge in [0.05, 0.1) is 6.04 Å². The van der Waals surface area contributed by atoms with Crippen LogP contribution in [0.15, 0.2) is 71.5 Å². The lowest BCUT2D eigenvalue weighted by atomic mass is 9.68. The Morgan fingerprint density at radius 3 is 2.41 bits per heavy atom. The number of hydrogen-bond donors (Lipinski definition) is 1. The molecule has 1 heterocycles. The lowest BCUT2D eigenvalue weighted by molar-refractivity contribution is 0.0504. The summed E-state index contributed by atoms with van der Waals surface area (Å²) in [5.41, 5.74) is 0.583. The van der Waals surface area contributed by atoms with Crippen molar-refractivity contribution in [2.75, 3.05) is 6.54 Å².